The molecule has 0 aliphatic rings. The highest BCUT2D eigenvalue weighted by Crippen LogP contribution is 2.26. The molecule has 0 unspecified atom stereocenters. The summed E-state index contributed by atoms with van der Waals surface area (Å²) in [6, 6.07) is 13.3. The zero-order valence-corrected chi connectivity index (χ0v) is 14.1. The van der Waals surface area contributed by atoms with Crippen LogP contribution >= 0.6 is 0 Å². The van der Waals surface area contributed by atoms with E-state index in [0.29, 0.717) is 11.5 Å². The largest absolute Gasteiger partial charge is 0.493 e. The number of benzene rings is 2. The summed E-state index contributed by atoms with van der Waals surface area (Å²) in [4.78, 5) is 15.2. The summed E-state index contributed by atoms with van der Waals surface area (Å²) >= 11 is 0. The summed E-state index contributed by atoms with van der Waals surface area (Å²) < 4.78 is 10.4. The Bertz CT molecular complexity index is 915. The number of hydrogen-bond acceptors (Lipinski definition) is 4. The number of nitrogens with zero attached hydrogens (tertiary/aromatic N) is 1. The molecule has 0 saturated carbocycles. The molecule has 0 bridgehead atoms. The lowest BCUT2D eigenvalue weighted by Gasteiger charge is -2.07. The monoisotopic (exact) mass is 337 g/mol. The van der Waals surface area contributed by atoms with Gasteiger partial charge in [0.1, 0.15) is 0 Å². The quantitative estimate of drug-likeness (QED) is 0.536. The Morgan fingerprint density at radius 3 is 2.76 bits per heavy atom. The number of carbonyl (C=O) groups is 1. The van der Waals surface area contributed by atoms with Gasteiger partial charge in [-0.3, -0.25) is 4.79 Å². The van der Waals surface area contributed by atoms with E-state index in [1.165, 1.54) is 0 Å². The van der Waals surface area contributed by atoms with Crippen molar-refractivity contribution in [3.63, 3.8) is 0 Å². The number of methoxy groups -OCH3 is 2. The Labute approximate surface area is 145 Å². The van der Waals surface area contributed by atoms with Crippen LogP contribution in [0.2, 0.25) is 0 Å². The predicted molar refractivity (Wildman–Crippen MR) is 97.3 cm³/mol. The molecule has 1 amide bonds. The van der Waals surface area contributed by atoms with Crippen molar-refractivity contribution in [3.05, 3.63) is 59.8 Å². The van der Waals surface area contributed by atoms with Gasteiger partial charge in [0, 0.05) is 17.1 Å². The molecule has 1 aromatic heterocycles. The lowest BCUT2D eigenvalue weighted by Crippen LogP contribution is -2.19. The molecule has 1 heterocycles. The molecular formula is C19H19N3O3. The minimum Gasteiger partial charge on any atom is -0.493 e. The average molecular weight is 337 g/mol. The van der Waals surface area contributed by atoms with Crippen molar-refractivity contribution < 1.29 is 14.3 Å². The van der Waals surface area contributed by atoms with Gasteiger partial charge in [-0.05, 0) is 35.4 Å². The van der Waals surface area contributed by atoms with Crippen LogP contribution in [0.15, 0.2) is 53.8 Å². The second kappa shape index (κ2) is 7.53. The summed E-state index contributed by atoms with van der Waals surface area (Å²) in [5.74, 6) is 1.07. The highest BCUT2D eigenvalue weighted by Gasteiger charge is 2.08. The standard InChI is InChI=1S/C19H19N3O3/c1-24-17-8-7-13(9-18(17)25-2)11-21-22-19(23)10-14-12-20-16-6-4-3-5-15(14)16/h3-9,11-12,20H,10H2,1-2H3,(H,22,23)/b21-11+. The number of nitrogens with one attached hydrogen (secondary N) is 2. The molecular weight excluding hydrogens is 318 g/mol. The van der Waals surface area contributed by atoms with E-state index in [2.05, 4.69) is 15.5 Å². The van der Waals surface area contributed by atoms with Crippen LogP contribution in [-0.2, 0) is 11.2 Å². The van der Waals surface area contributed by atoms with Gasteiger partial charge in [0.05, 0.1) is 26.9 Å². The predicted octanol–water partition coefficient (Wildman–Crippen LogP) is 2.88. The van der Waals surface area contributed by atoms with Crippen LogP contribution in [-0.4, -0.2) is 31.3 Å². The van der Waals surface area contributed by atoms with Crippen molar-refractivity contribution in [3.8, 4) is 11.5 Å². The van der Waals surface area contributed by atoms with Crippen LogP contribution in [0.5, 0.6) is 11.5 Å². The molecule has 25 heavy (non-hydrogen) atoms. The first-order valence-electron chi connectivity index (χ1n) is 7.80. The third kappa shape index (κ3) is 3.80. The smallest absolute Gasteiger partial charge is 0.244 e. The fourth-order valence-corrected chi connectivity index (χ4v) is 2.60. The highest BCUT2D eigenvalue weighted by molar-refractivity contribution is 5.89. The molecule has 2 N–H and O–H groups in total. The molecule has 2 aromatic carbocycles. The Kier molecular flexibility index (Phi) is 4.99. The Morgan fingerprint density at radius 2 is 1.96 bits per heavy atom. The zero-order chi connectivity index (χ0) is 17.6. The van der Waals surface area contributed by atoms with Gasteiger partial charge in [-0.25, -0.2) is 5.43 Å². The number of H-pyrrole nitrogens is 1. The normalized spacial score (nSPS) is 11.0. The van der Waals surface area contributed by atoms with Crippen molar-refractivity contribution in [2.24, 2.45) is 5.10 Å². The second-order valence-corrected chi connectivity index (χ2v) is 5.44. The lowest BCUT2D eigenvalue weighted by molar-refractivity contribution is -0.120. The van der Waals surface area contributed by atoms with Gasteiger partial charge in [0.25, 0.3) is 0 Å². The number of rotatable bonds is 6. The number of amides is 1. The summed E-state index contributed by atoms with van der Waals surface area (Å²) in [6.45, 7) is 0. The lowest BCUT2D eigenvalue weighted by atomic mass is 10.1. The van der Waals surface area contributed by atoms with Gasteiger partial charge in [0.2, 0.25) is 5.91 Å². The topological polar surface area (TPSA) is 75.7 Å². The van der Waals surface area contributed by atoms with Crippen LogP contribution in [0, 0.1) is 0 Å². The van der Waals surface area contributed by atoms with Crippen molar-refractivity contribution in [1.82, 2.24) is 10.4 Å². The van der Waals surface area contributed by atoms with Crippen LogP contribution in [0.3, 0.4) is 0 Å². The van der Waals surface area contributed by atoms with E-state index in [1.54, 1.807) is 32.6 Å². The highest BCUT2D eigenvalue weighted by atomic mass is 16.5. The maximum absolute atomic E-state index is 12.1. The minimum absolute atomic E-state index is 0.179. The van der Waals surface area contributed by atoms with Crippen LogP contribution in [0.1, 0.15) is 11.1 Å². The molecule has 0 aliphatic carbocycles. The molecule has 0 spiro atoms. The van der Waals surface area contributed by atoms with Crippen molar-refractivity contribution >= 4 is 23.0 Å². The van der Waals surface area contributed by atoms with E-state index >= 15 is 0 Å². The summed E-state index contributed by atoms with van der Waals surface area (Å²) in [7, 11) is 3.15. The number of aromatic nitrogens is 1. The average Bonchev–Trinajstić information content (AvgIpc) is 3.04. The third-order valence-electron chi connectivity index (χ3n) is 3.84. The Morgan fingerprint density at radius 1 is 1.16 bits per heavy atom. The number of carbonyl (C=O) groups excluding carboxylic acids is 1. The molecule has 3 rings (SSSR count). The first-order chi connectivity index (χ1) is 12.2. The fourth-order valence-electron chi connectivity index (χ4n) is 2.60. The number of para-hydroxylation sites is 1. The maximum Gasteiger partial charge on any atom is 0.244 e. The molecule has 128 valence electrons. The molecule has 3 aromatic rings. The van der Waals surface area contributed by atoms with E-state index in [-0.39, 0.29) is 12.3 Å². The van der Waals surface area contributed by atoms with Gasteiger partial charge < -0.3 is 14.5 Å². The van der Waals surface area contributed by atoms with E-state index < -0.39 is 0 Å². The van der Waals surface area contributed by atoms with Crippen molar-refractivity contribution in [1.29, 1.82) is 0 Å². The van der Waals surface area contributed by atoms with E-state index in [0.717, 1.165) is 22.0 Å². The first kappa shape index (κ1) is 16.6. The van der Waals surface area contributed by atoms with Gasteiger partial charge in [-0.2, -0.15) is 5.10 Å². The van der Waals surface area contributed by atoms with Crippen LogP contribution < -0.4 is 14.9 Å². The summed E-state index contributed by atoms with van der Waals surface area (Å²) in [5, 5.41) is 5.04. The molecule has 6 nitrogen and oxygen atoms in total. The molecule has 0 aliphatic heterocycles. The van der Waals surface area contributed by atoms with Crippen molar-refractivity contribution in [2.45, 2.75) is 6.42 Å². The van der Waals surface area contributed by atoms with Gasteiger partial charge in [-0.1, -0.05) is 18.2 Å². The van der Waals surface area contributed by atoms with Crippen LogP contribution in [0.4, 0.5) is 0 Å². The van der Waals surface area contributed by atoms with Gasteiger partial charge in [-0.15, -0.1) is 0 Å². The molecule has 0 atom stereocenters. The van der Waals surface area contributed by atoms with Gasteiger partial charge in [0.15, 0.2) is 11.5 Å². The number of fused-ring (bicyclic) bond motifs is 1. The van der Waals surface area contributed by atoms with Gasteiger partial charge >= 0.3 is 0 Å². The summed E-state index contributed by atoms with van der Waals surface area (Å²) in [5.41, 5.74) is 5.29. The third-order valence-corrected chi connectivity index (χ3v) is 3.84. The zero-order valence-electron chi connectivity index (χ0n) is 14.1. The molecule has 0 fully saturated rings. The second-order valence-electron chi connectivity index (χ2n) is 5.44. The Balaban J connectivity index is 1.63. The molecule has 0 saturated heterocycles. The SMILES string of the molecule is COc1ccc(/C=N/NC(=O)Cc2c[nH]c3ccccc23)cc1OC. The minimum atomic E-state index is -0.179. The number of ether oxygens (including phenoxy) is 2. The molecule has 6 heteroatoms. The van der Waals surface area contributed by atoms with Crippen LogP contribution in [0.25, 0.3) is 10.9 Å². The number of hydrogen-bond donors (Lipinski definition) is 2. The Hall–Kier alpha value is -3.28. The number of hydrazone groups is 1. The van der Waals surface area contributed by atoms with E-state index in [4.69, 9.17) is 9.47 Å². The van der Waals surface area contributed by atoms with Crippen molar-refractivity contribution in [2.75, 3.05) is 14.2 Å². The molecule has 0 radical (unpaired) electrons. The maximum atomic E-state index is 12.1. The summed E-state index contributed by atoms with van der Waals surface area (Å²) in [6.07, 6.45) is 3.67. The van der Waals surface area contributed by atoms with E-state index in [1.807, 2.05) is 36.5 Å². The fraction of sp³-hybridized carbons (Fsp3) is 0.158. The first-order valence-corrected chi connectivity index (χ1v) is 7.80. The number of aromatic amines is 1. The van der Waals surface area contributed by atoms with E-state index in [9.17, 15) is 4.79 Å².